The van der Waals surface area contributed by atoms with Crippen LogP contribution < -0.4 is 150 Å². The number of nitrogens with one attached hydrogen (secondary N) is 14. The molecule has 0 spiro atoms. The van der Waals surface area contributed by atoms with Crippen LogP contribution in [0.4, 0.5) is 79.6 Å². The highest BCUT2D eigenvalue weighted by Gasteiger charge is 2.27. The number of hydrogen-bond donors (Lipinski definition) is 14. The molecule has 14 N–H and O–H groups in total. The highest BCUT2D eigenvalue weighted by Crippen LogP contribution is 2.21. The third-order valence-electron chi connectivity index (χ3n) is 21.7. The van der Waals surface area contributed by atoms with Crippen LogP contribution >= 0.6 is 0 Å². The van der Waals surface area contributed by atoms with E-state index in [1.165, 1.54) is 0 Å². The molecule has 0 saturated carbocycles. The Morgan fingerprint density at radius 2 is 0.197 bits per heavy atom. The van der Waals surface area contributed by atoms with Crippen LogP contribution in [0.15, 0.2) is 67.1 Å². The van der Waals surface area contributed by atoms with Gasteiger partial charge in [0.2, 0.25) is 0 Å². The van der Waals surface area contributed by atoms with Gasteiger partial charge in [-0.05, 0) is 257 Å². The monoisotopic (exact) mass is 1630 g/mol. The van der Waals surface area contributed by atoms with E-state index in [-0.39, 0.29) is 0 Å². The maximum atomic E-state index is 12.5. The van der Waals surface area contributed by atoms with Crippen LogP contribution in [-0.4, -0.2) is 292 Å². The number of fused-ring (bicyclic) bond motifs is 7. The van der Waals surface area contributed by atoms with E-state index in [1.54, 1.807) is 0 Å². The zero-order valence-electron chi connectivity index (χ0n) is 70.1. The van der Waals surface area contributed by atoms with Gasteiger partial charge in [0.1, 0.15) is 79.6 Å². The summed E-state index contributed by atoms with van der Waals surface area (Å²) in [5.41, 5.74) is -3.24. The van der Waals surface area contributed by atoms with Crippen LogP contribution in [0.2, 0.25) is 0 Å². The van der Waals surface area contributed by atoms with E-state index in [1.807, 2.05) is 42.3 Å². The van der Waals surface area contributed by atoms with Gasteiger partial charge in [0, 0.05) is 91.6 Å². The summed E-state index contributed by atoms with van der Waals surface area (Å²) >= 11 is 0. The smallest absolute Gasteiger partial charge is 0.253 e. The fraction of sp³-hybridized carbons (Fsp3) is 0.654. The lowest BCUT2D eigenvalue weighted by Gasteiger charge is -2.21. The van der Waals surface area contributed by atoms with E-state index in [4.69, 9.17) is 0 Å². The molecule has 0 atom stereocenters. The van der Waals surface area contributed by atoms with Crippen molar-refractivity contribution >= 4 is 79.6 Å². The Bertz CT molecular complexity index is 4490. The first-order valence-corrected chi connectivity index (χ1v) is 41.9. The summed E-state index contributed by atoms with van der Waals surface area (Å²) in [6, 6.07) is 0. The number of hydrogen-bond acceptors (Lipinski definition) is 36. The van der Waals surface area contributed by atoms with Crippen molar-refractivity contribution < 1.29 is 0 Å². The maximum absolute atomic E-state index is 12.5. The Kier molecular flexibility index (Phi) is 37.9. The standard InChI is InChI=1S/C81H128N22O14/c1-96-38-9-24-82-54-55(69(105)68(54)104)83-25-10-39-97(2)41-12-27-85-57-59(73(109)71(57)107)87-29-14-43-99(4)45-16-31-89-61-63(77(113)75(61)111)91-33-18-47-101(6)49-20-35-93-65-67(81(117)79(65)115)95-37-22-51-103(8)53-23-52-102(7)50-21-36-94-66-64(78(114)80(66)116)92-34-19-48-100(5)46-17-32-90-62-60(74(110)76(62)112)88-30-15-44-98(3)42-13-28-86-58-56(70(106)72(58)108)84-26-11-40-96/h82-95H,9-53H2,1-8H3. The van der Waals surface area contributed by atoms with Gasteiger partial charge in [-0.2, -0.15) is 0 Å². The first-order valence-electron chi connectivity index (χ1n) is 41.9. The maximum Gasteiger partial charge on any atom is 0.253 e. The molecule has 7 aromatic carbocycles. The predicted molar refractivity (Wildman–Crippen MR) is 478 cm³/mol. The van der Waals surface area contributed by atoms with Gasteiger partial charge in [0.25, 0.3) is 76.0 Å². The molecule has 646 valence electrons. The van der Waals surface area contributed by atoms with Gasteiger partial charge in [-0.1, -0.05) is 0 Å². The van der Waals surface area contributed by atoms with Crippen LogP contribution in [0.25, 0.3) is 0 Å². The number of nitrogens with zero attached hydrogens (tertiary/aromatic N) is 8. The fourth-order valence-corrected chi connectivity index (χ4v) is 14.5. The molecule has 117 heavy (non-hydrogen) atoms. The molecule has 0 radical (unpaired) electrons. The summed E-state index contributed by atoms with van der Waals surface area (Å²) in [6.07, 6.45) is 11.0. The van der Waals surface area contributed by atoms with Gasteiger partial charge in [0.15, 0.2) is 0 Å². The van der Waals surface area contributed by atoms with E-state index in [0.29, 0.717) is 288 Å². The van der Waals surface area contributed by atoms with Crippen LogP contribution in [0, 0.1) is 0 Å². The molecule has 0 bridgehead atoms. The average Bonchev–Trinajstić information content (AvgIpc) is 0.829. The van der Waals surface area contributed by atoms with Gasteiger partial charge in [0.05, 0.1) is 0 Å². The highest BCUT2D eigenvalue weighted by atomic mass is 16.2. The van der Waals surface area contributed by atoms with Crippen LogP contribution in [-0.2, 0) is 0 Å². The molecule has 0 aliphatic carbocycles. The zero-order valence-corrected chi connectivity index (χ0v) is 70.1. The van der Waals surface area contributed by atoms with E-state index in [0.717, 1.165) is 84.5 Å². The van der Waals surface area contributed by atoms with Crippen molar-refractivity contribution in [2.45, 2.75) is 96.3 Å². The van der Waals surface area contributed by atoms with Gasteiger partial charge in [-0.25, -0.2) is 0 Å². The Morgan fingerprint density at radius 1 is 0.128 bits per heavy atom. The SMILES string of the molecule is CN1CCCNc2c(c(=O)c2=O)NCCCN(C)CCCNc2c(c(=O)c2=O)NCCCN(C)CCCNc2c(c(=O)c2=O)NCCCN(C)CCCNc2c(c(=O)c2=O)NCCCN(C)CCCN(C)CCCNc2c(c(=O)c2=O)NCCCN(C)CCCNc2c(c(=O)c2=O)NCCCN(C)CCCNc2c(c(=O)c2=O)NCCC1. The molecule has 7 aromatic rings. The third-order valence-corrected chi connectivity index (χ3v) is 21.7. The molecule has 0 fully saturated rings. The second-order valence-electron chi connectivity index (χ2n) is 31.6. The van der Waals surface area contributed by atoms with Crippen LogP contribution in [0.1, 0.15) is 96.3 Å². The van der Waals surface area contributed by atoms with Crippen molar-refractivity contribution in [1.29, 1.82) is 0 Å². The van der Waals surface area contributed by atoms with Crippen molar-refractivity contribution in [3.8, 4) is 0 Å². The lowest BCUT2D eigenvalue weighted by Crippen LogP contribution is -2.38. The number of anilines is 14. The topological polar surface area (TPSA) is 433 Å². The summed E-state index contributed by atoms with van der Waals surface area (Å²) in [5.74, 6) is 0. The molecule has 1 heterocycles. The molecule has 0 unspecified atom stereocenters. The summed E-state index contributed by atoms with van der Waals surface area (Å²) in [6.45, 7) is 18.9. The first kappa shape index (κ1) is 92.9. The molecule has 0 amide bonds. The minimum Gasteiger partial charge on any atom is -0.380 e. The largest absolute Gasteiger partial charge is 0.380 e. The number of rotatable bonds is 0. The summed E-state index contributed by atoms with van der Waals surface area (Å²) in [4.78, 5) is 192. The van der Waals surface area contributed by atoms with E-state index < -0.39 is 76.0 Å². The van der Waals surface area contributed by atoms with Crippen molar-refractivity contribution in [2.75, 3.05) is 327 Å². The Labute approximate surface area is 682 Å². The third kappa shape index (κ3) is 27.2. The normalized spacial score (nSPS) is 19.6. The van der Waals surface area contributed by atoms with Crippen molar-refractivity contribution in [3.63, 3.8) is 0 Å². The lowest BCUT2D eigenvalue weighted by atomic mass is 10.1. The molecule has 1 aliphatic heterocycles. The van der Waals surface area contributed by atoms with Crippen molar-refractivity contribution in [3.05, 3.63) is 143 Å². The first-order chi connectivity index (χ1) is 56.3. The van der Waals surface area contributed by atoms with Crippen molar-refractivity contribution in [2.24, 2.45) is 0 Å². The highest BCUT2D eigenvalue weighted by molar-refractivity contribution is 5.78. The Morgan fingerprint density at radius 3 is 0.274 bits per heavy atom. The quantitative estimate of drug-likeness (QED) is 0.0822. The average molecular weight is 1630 g/mol. The molecular weight excluding hydrogens is 1510 g/mol. The second kappa shape index (κ2) is 47.7. The summed E-state index contributed by atoms with van der Waals surface area (Å²) in [5, 5.41) is 44.0. The molecule has 1 aliphatic rings. The van der Waals surface area contributed by atoms with Gasteiger partial charge >= 0.3 is 0 Å². The van der Waals surface area contributed by atoms with Crippen LogP contribution in [0.5, 0.6) is 0 Å². The lowest BCUT2D eigenvalue weighted by molar-refractivity contribution is 0.277. The van der Waals surface area contributed by atoms with Gasteiger partial charge in [-0.15, -0.1) is 0 Å². The molecule has 0 aromatic heterocycles. The van der Waals surface area contributed by atoms with E-state index >= 15 is 0 Å². The molecule has 36 nitrogen and oxygen atoms in total. The van der Waals surface area contributed by atoms with E-state index in [2.05, 4.69) is 128 Å². The van der Waals surface area contributed by atoms with Gasteiger partial charge in [-0.3, -0.25) is 67.1 Å². The minimum atomic E-state index is -0.546. The molecular formula is C81H128N22O14. The zero-order chi connectivity index (χ0) is 84.5. The fourth-order valence-electron chi connectivity index (χ4n) is 14.5. The van der Waals surface area contributed by atoms with Crippen molar-refractivity contribution in [1.82, 2.24) is 39.2 Å². The predicted octanol–water partition coefficient (Wildman–Crippen LogP) is -0.854. The second-order valence-corrected chi connectivity index (χ2v) is 31.6. The summed E-state index contributed by atoms with van der Waals surface area (Å²) in [7, 11) is 16.0. The van der Waals surface area contributed by atoms with E-state index in [9.17, 15) is 67.1 Å². The van der Waals surface area contributed by atoms with Gasteiger partial charge < -0.3 is 114 Å². The van der Waals surface area contributed by atoms with Crippen LogP contribution in [0.3, 0.4) is 0 Å². The minimum absolute atomic E-state index is 0.293. The molecule has 8 rings (SSSR count). The molecule has 0 saturated heterocycles. The molecule has 36 heteroatoms. The Hall–Kier alpha value is -9.56. The Balaban J connectivity index is 0.726. The summed E-state index contributed by atoms with van der Waals surface area (Å²) < 4.78 is 0.